The minimum Gasteiger partial charge on any atom is -0.481 e. The first-order valence-corrected chi connectivity index (χ1v) is 10.9. The topological polar surface area (TPSA) is 91.0 Å². The first kappa shape index (κ1) is 20.6. The van der Waals surface area contributed by atoms with Gasteiger partial charge in [0.1, 0.15) is 23.2 Å². The van der Waals surface area contributed by atoms with Crippen LogP contribution in [0.3, 0.4) is 0 Å². The number of hydrogen-bond acceptors (Lipinski definition) is 3. The first-order chi connectivity index (χ1) is 18.9. The summed E-state index contributed by atoms with van der Waals surface area (Å²) >= 11 is 0. The summed E-state index contributed by atoms with van der Waals surface area (Å²) in [6.45, 7) is -2.80. The summed E-state index contributed by atoms with van der Waals surface area (Å²) in [6, 6.07) is 9.51. The number of imidazole rings is 1. The van der Waals surface area contributed by atoms with Crippen LogP contribution in [0.5, 0.6) is 11.5 Å². The van der Waals surface area contributed by atoms with E-state index < -0.39 is 54.2 Å². The molecule has 1 atom stereocenters. The highest BCUT2D eigenvalue weighted by Crippen LogP contribution is 2.35. The van der Waals surface area contributed by atoms with Crippen molar-refractivity contribution in [3.63, 3.8) is 0 Å². The molecule has 6 nitrogen and oxygen atoms in total. The predicted molar refractivity (Wildman–Crippen MR) is 128 cm³/mol. The molecule has 0 amide bonds. The number of hydrogen-bond donors (Lipinski definition) is 3. The molecular formula is C27H19F4N3O3. The molecule has 37 heavy (non-hydrogen) atoms. The van der Waals surface area contributed by atoms with Crippen LogP contribution < -0.4 is 4.74 Å². The average molecular weight is 512 g/mol. The number of aromatic nitrogens is 3. The minimum absolute atomic E-state index is 0.0878. The van der Waals surface area contributed by atoms with Crippen molar-refractivity contribution < 1.29 is 36.3 Å². The maximum atomic E-state index is 15.2. The van der Waals surface area contributed by atoms with E-state index in [4.69, 9.17) is 14.0 Å². The number of nitrogens with one attached hydrogen (secondary N) is 2. The molecule has 10 heteroatoms. The fourth-order valence-corrected chi connectivity index (χ4v) is 3.98. The maximum absolute atomic E-state index is 15.2. The molecular weight excluding hydrogens is 490 g/mol. The van der Waals surface area contributed by atoms with Gasteiger partial charge in [0, 0.05) is 39.6 Å². The van der Waals surface area contributed by atoms with Gasteiger partial charge in [0.2, 0.25) is 0 Å². The summed E-state index contributed by atoms with van der Waals surface area (Å²) in [5, 5.41) is 9.14. The number of aliphatic carboxylic acids is 1. The van der Waals surface area contributed by atoms with Gasteiger partial charge >= 0.3 is 5.97 Å². The molecule has 188 valence electrons. The van der Waals surface area contributed by atoms with E-state index in [1.54, 1.807) is 0 Å². The Kier molecular flexibility index (Phi) is 5.26. The van der Waals surface area contributed by atoms with Crippen molar-refractivity contribution in [1.82, 2.24) is 15.0 Å². The third-order valence-corrected chi connectivity index (χ3v) is 5.78. The van der Waals surface area contributed by atoms with Crippen LogP contribution in [-0.4, -0.2) is 26.0 Å². The van der Waals surface area contributed by atoms with Crippen molar-refractivity contribution in [1.29, 1.82) is 0 Å². The molecule has 0 spiro atoms. The van der Waals surface area contributed by atoms with Crippen molar-refractivity contribution >= 4 is 16.9 Å². The third kappa shape index (κ3) is 4.53. The van der Waals surface area contributed by atoms with Crippen LogP contribution in [0.15, 0.2) is 60.9 Å². The number of aromatic amines is 2. The standard InChI is InChI=1S/C27H19F4N3O3/c1-13(16-4-2-3-14(24(16)30)9-23(35)36)22-12-33-27(34-22)18-10-15(5-6-19(18)28)37-26-20(29)11-21-17(25(26)31)7-8-32-21/h2-8,10-13,32H,9H2,1H3,(H,33,34)(H,35,36)/i1D3. The number of nitrogens with zero attached hydrogens (tertiary/aromatic N) is 1. The summed E-state index contributed by atoms with van der Waals surface area (Å²) in [5.41, 5.74) is -0.581. The first-order valence-electron chi connectivity index (χ1n) is 12.4. The Balaban J connectivity index is 1.52. The molecule has 0 aliphatic carbocycles. The molecule has 2 heterocycles. The van der Waals surface area contributed by atoms with Crippen LogP contribution in [-0.2, 0) is 11.2 Å². The molecule has 2 aromatic heterocycles. The van der Waals surface area contributed by atoms with E-state index in [1.165, 1.54) is 30.5 Å². The van der Waals surface area contributed by atoms with Gasteiger partial charge < -0.3 is 19.8 Å². The highest BCUT2D eigenvalue weighted by atomic mass is 19.1. The van der Waals surface area contributed by atoms with Crippen LogP contribution in [0.25, 0.3) is 22.3 Å². The van der Waals surface area contributed by atoms with Crippen LogP contribution in [0.4, 0.5) is 17.6 Å². The van der Waals surface area contributed by atoms with E-state index in [0.717, 1.165) is 30.5 Å². The van der Waals surface area contributed by atoms with E-state index in [-0.39, 0.29) is 44.9 Å². The molecule has 0 radical (unpaired) electrons. The zero-order valence-electron chi connectivity index (χ0n) is 21.8. The van der Waals surface area contributed by atoms with Crippen molar-refractivity contribution in [3.8, 4) is 22.9 Å². The molecule has 0 saturated heterocycles. The summed E-state index contributed by atoms with van der Waals surface area (Å²) in [5.74, 6) is -7.65. The smallest absolute Gasteiger partial charge is 0.307 e. The largest absolute Gasteiger partial charge is 0.481 e. The lowest BCUT2D eigenvalue weighted by Crippen LogP contribution is -2.07. The van der Waals surface area contributed by atoms with Crippen LogP contribution in [0.1, 0.15) is 33.7 Å². The quantitative estimate of drug-likeness (QED) is 0.212. The lowest BCUT2D eigenvalue weighted by Gasteiger charge is -2.13. The SMILES string of the molecule is [2H]C([2H])([2H])C(c1cnc(-c2cc(Oc3c(F)cc4[nH]ccc4c3F)ccc2F)[nH]1)c1cccc(CC(=O)O)c1F. The second kappa shape index (κ2) is 9.45. The molecule has 5 rings (SSSR count). The second-order valence-corrected chi connectivity index (χ2v) is 8.20. The summed E-state index contributed by atoms with van der Waals surface area (Å²) in [6.07, 6.45) is 1.88. The average Bonchev–Trinajstić information content (AvgIpc) is 3.54. The van der Waals surface area contributed by atoms with Gasteiger partial charge in [-0.2, -0.15) is 0 Å². The van der Waals surface area contributed by atoms with Gasteiger partial charge in [-0.25, -0.2) is 22.5 Å². The number of carboxylic acid groups (broad SMARTS) is 1. The van der Waals surface area contributed by atoms with E-state index in [9.17, 15) is 18.0 Å². The van der Waals surface area contributed by atoms with Gasteiger partial charge in [-0.3, -0.25) is 4.79 Å². The Morgan fingerprint density at radius 3 is 2.73 bits per heavy atom. The summed E-state index contributed by atoms with van der Waals surface area (Å²) in [7, 11) is 0. The highest BCUT2D eigenvalue weighted by Gasteiger charge is 2.21. The number of ether oxygens (including phenoxy) is 1. The number of rotatable bonds is 7. The molecule has 0 fully saturated rings. The fourth-order valence-electron chi connectivity index (χ4n) is 3.98. The minimum atomic E-state index is -2.80. The molecule has 3 aromatic carbocycles. The van der Waals surface area contributed by atoms with Gasteiger partial charge in [0.15, 0.2) is 17.4 Å². The van der Waals surface area contributed by atoms with Gasteiger partial charge in [0.05, 0.1) is 17.5 Å². The van der Waals surface area contributed by atoms with E-state index in [2.05, 4.69) is 15.0 Å². The lowest BCUT2D eigenvalue weighted by atomic mass is 9.95. The fraction of sp³-hybridized carbons (Fsp3) is 0.111. The molecule has 0 aliphatic rings. The van der Waals surface area contributed by atoms with Gasteiger partial charge in [0.25, 0.3) is 0 Å². The van der Waals surface area contributed by atoms with E-state index in [1.807, 2.05) is 0 Å². The van der Waals surface area contributed by atoms with Gasteiger partial charge in [-0.15, -0.1) is 0 Å². The number of H-pyrrole nitrogens is 2. The Hall–Kier alpha value is -4.60. The third-order valence-electron chi connectivity index (χ3n) is 5.78. The lowest BCUT2D eigenvalue weighted by molar-refractivity contribution is -0.136. The summed E-state index contributed by atoms with van der Waals surface area (Å²) < 4.78 is 88.9. The predicted octanol–water partition coefficient (Wildman–Crippen LogP) is 6.69. The van der Waals surface area contributed by atoms with Gasteiger partial charge in [-0.1, -0.05) is 25.1 Å². The van der Waals surface area contributed by atoms with Gasteiger partial charge in [-0.05, 0) is 35.4 Å². The maximum Gasteiger partial charge on any atom is 0.307 e. The number of carbonyl (C=O) groups is 1. The molecule has 0 bridgehead atoms. The van der Waals surface area contributed by atoms with E-state index >= 15 is 4.39 Å². The second-order valence-electron chi connectivity index (χ2n) is 8.20. The number of benzene rings is 3. The molecule has 5 aromatic rings. The Labute approximate surface area is 211 Å². The zero-order valence-corrected chi connectivity index (χ0v) is 18.8. The molecule has 1 unspecified atom stereocenters. The van der Waals surface area contributed by atoms with Crippen molar-refractivity contribution in [2.24, 2.45) is 0 Å². The zero-order chi connectivity index (χ0) is 28.8. The van der Waals surface area contributed by atoms with Crippen molar-refractivity contribution in [2.75, 3.05) is 0 Å². The monoisotopic (exact) mass is 512 g/mol. The Morgan fingerprint density at radius 2 is 1.95 bits per heavy atom. The number of halogens is 4. The Bertz CT molecular complexity index is 1750. The Morgan fingerprint density at radius 1 is 1.11 bits per heavy atom. The molecule has 3 N–H and O–H groups in total. The molecule has 0 aliphatic heterocycles. The van der Waals surface area contributed by atoms with Crippen LogP contribution in [0.2, 0.25) is 0 Å². The van der Waals surface area contributed by atoms with E-state index in [0.29, 0.717) is 0 Å². The highest BCUT2D eigenvalue weighted by molar-refractivity contribution is 5.82. The van der Waals surface area contributed by atoms with Crippen molar-refractivity contribution in [2.45, 2.75) is 19.2 Å². The number of carboxylic acids is 1. The number of fused-ring (bicyclic) bond motifs is 1. The summed E-state index contributed by atoms with van der Waals surface area (Å²) in [4.78, 5) is 20.5. The molecule has 0 saturated carbocycles. The van der Waals surface area contributed by atoms with Crippen LogP contribution >= 0.6 is 0 Å². The van der Waals surface area contributed by atoms with Crippen molar-refractivity contribution in [3.05, 3.63) is 101 Å². The van der Waals surface area contributed by atoms with Crippen LogP contribution in [0, 0.1) is 23.3 Å². The normalized spacial score (nSPS) is 13.7.